The molecule has 2 N–H and O–H groups in total. The second kappa shape index (κ2) is 8.50. The molecule has 2 amide bonds. The summed E-state index contributed by atoms with van der Waals surface area (Å²) in [4.78, 5) is 26.6. The van der Waals surface area contributed by atoms with Crippen LogP contribution in [-0.2, 0) is 14.3 Å². The molecule has 3 atom stereocenters. The zero-order valence-corrected chi connectivity index (χ0v) is 14.9. The highest BCUT2D eigenvalue weighted by molar-refractivity contribution is 5.91. The van der Waals surface area contributed by atoms with Crippen molar-refractivity contribution in [2.45, 2.75) is 26.1 Å². The van der Waals surface area contributed by atoms with Crippen LogP contribution in [0.1, 0.15) is 13.8 Å². The minimum absolute atomic E-state index is 0.0531. The zero-order chi connectivity index (χ0) is 19.4. The quantitative estimate of drug-likeness (QED) is 0.724. The van der Waals surface area contributed by atoms with Gasteiger partial charge in [0.2, 0.25) is 0 Å². The van der Waals surface area contributed by atoms with Crippen molar-refractivity contribution in [2.24, 2.45) is 0 Å². The Labute approximate surface area is 149 Å². The molecule has 1 unspecified atom stereocenters. The normalized spacial score (nSPS) is 21.4. The van der Waals surface area contributed by atoms with Gasteiger partial charge in [0.25, 0.3) is 11.8 Å². The van der Waals surface area contributed by atoms with Crippen LogP contribution in [0.2, 0.25) is 0 Å². The van der Waals surface area contributed by atoms with E-state index in [1.165, 1.54) is 0 Å². The standard InChI is InChI=1S/C17H22F3N3O3/c1-10-6-23(7-11(2)26-10)15(25)9-22(3)8-14(24)21-13-5-4-12(18)16(19)17(13)20/h4-5,10-11H,6-9H2,1-3H3,(H,21,24)/p+1/t10-,11-/m1/s1. The average molecular weight is 374 g/mol. The van der Waals surface area contributed by atoms with E-state index in [1.807, 2.05) is 13.8 Å². The van der Waals surface area contributed by atoms with Gasteiger partial charge in [-0.05, 0) is 26.0 Å². The van der Waals surface area contributed by atoms with Crippen molar-refractivity contribution in [3.8, 4) is 0 Å². The number of rotatable bonds is 5. The second-order valence-electron chi connectivity index (χ2n) is 6.64. The number of halogens is 3. The van der Waals surface area contributed by atoms with Gasteiger partial charge in [0.1, 0.15) is 0 Å². The lowest BCUT2D eigenvalue weighted by molar-refractivity contribution is -0.862. The molecule has 144 valence electrons. The number of ether oxygens (including phenoxy) is 1. The molecule has 9 heteroatoms. The molecule has 0 radical (unpaired) electrons. The fourth-order valence-electron chi connectivity index (χ4n) is 2.90. The smallest absolute Gasteiger partial charge is 0.279 e. The Bertz CT molecular complexity index is 677. The molecule has 6 nitrogen and oxygen atoms in total. The summed E-state index contributed by atoms with van der Waals surface area (Å²) >= 11 is 0. The maximum Gasteiger partial charge on any atom is 0.279 e. The SMILES string of the molecule is C[C@@H]1CN(C(=O)C[NH+](C)CC(=O)Nc2ccc(F)c(F)c2F)C[C@@H](C)O1. The molecular formula is C17H23F3N3O3+. The van der Waals surface area contributed by atoms with Gasteiger partial charge in [-0.15, -0.1) is 0 Å². The summed E-state index contributed by atoms with van der Waals surface area (Å²) in [6.07, 6.45) is -0.106. The molecule has 0 spiro atoms. The second-order valence-corrected chi connectivity index (χ2v) is 6.64. The van der Waals surface area contributed by atoms with Crippen LogP contribution in [0.5, 0.6) is 0 Å². The number of nitrogens with one attached hydrogen (secondary N) is 2. The van der Waals surface area contributed by atoms with Crippen molar-refractivity contribution in [1.82, 2.24) is 4.90 Å². The highest BCUT2D eigenvalue weighted by Crippen LogP contribution is 2.19. The number of anilines is 1. The highest BCUT2D eigenvalue weighted by Gasteiger charge is 2.28. The third-order valence-electron chi connectivity index (χ3n) is 4.00. The summed E-state index contributed by atoms with van der Waals surface area (Å²) < 4.78 is 45.2. The first kappa shape index (κ1) is 20.2. The van der Waals surface area contributed by atoms with E-state index in [0.717, 1.165) is 12.1 Å². The summed E-state index contributed by atoms with van der Waals surface area (Å²) in [6.45, 7) is 4.70. The van der Waals surface area contributed by atoms with Crippen molar-refractivity contribution in [2.75, 3.05) is 38.5 Å². The van der Waals surface area contributed by atoms with Crippen molar-refractivity contribution < 1.29 is 32.4 Å². The van der Waals surface area contributed by atoms with Crippen molar-refractivity contribution in [3.05, 3.63) is 29.6 Å². The van der Waals surface area contributed by atoms with E-state index in [0.29, 0.717) is 18.0 Å². The van der Waals surface area contributed by atoms with Crippen LogP contribution in [0.3, 0.4) is 0 Å². The molecule has 1 saturated heterocycles. The number of likely N-dealkylation sites (N-methyl/N-ethyl adjacent to an activating group) is 1. The predicted molar refractivity (Wildman–Crippen MR) is 88.2 cm³/mol. The van der Waals surface area contributed by atoms with E-state index in [1.54, 1.807) is 11.9 Å². The number of hydrogen-bond acceptors (Lipinski definition) is 3. The van der Waals surface area contributed by atoms with Crippen LogP contribution in [0.4, 0.5) is 18.9 Å². The third-order valence-corrected chi connectivity index (χ3v) is 4.00. The topological polar surface area (TPSA) is 63.1 Å². The monoisotopic (exact) mass is 374 g/mol. The van der Waals surface area contributed by atoms with Crippen LogP contribution in [-0.4, -0.2) is 62.1 Å². The Hall–Kier alpha value is -2.13. The van der Waals surface area contributed by atoms with E-state index in [2.05, 4.69) is 5.32 Å². The summed E-state index contributed by atoms with van der Waals surface area (Å²) in [5, 5.41) is 2.19. The summed E-state index contributed by atoms with van der Waals surface area (Å²) in [5.74, 6) is -5.15. The lowest BCUT2D eigenvalue weighted by atomic mass is 10.2. The number of carbonyl (C=O) groups excluding carboxylic acids is 2. The molecule has 0 aliphatic carbocycles. The Kier molecular flexibility index (Phi) is 6.60. The van der Waals surface area contributed by atoms with Crippen molar-refractivity contribution in [1.29, 1.82) is 0 Å². The third kappa shape index (κ3) is 5.18. The highest BCUT2D eigenvalue weighted by atomic mass is 19.2. The van der Waals surface area contributed by atoms with Gasteiger partial charge in [0.15, 0.2) is 30.5 Å². The van der Waals surface area contributed by atoms with E-state index >= 15 is 0 Å². The largest absolute Gasteiger partial charge is 0.372 e. The van der Waals surface area contributed by atoms with Gasteiger partial charge in [0, 0.05) is 13.1 Å². The van der Waals surface area contributed by atoms with Crippen LogP contribution in [0.25, 0.3) is 0 Å². The number of quaternary nitrogens is 1. The number of benzene rings is 1. The molecule has 26 heavy (non-hydrogen) atoms. The van der Waals surface area contributed by atoms with Crippen LogP contribution >= 0.6 is 0 Å². The Morgan fingerprint density at radius 2 is 1.77 bits per heavy atom. The maximum atomic E-state index is 13.6. The fraction of sp³-hybridized carbons (Fsp3) is 0.529. The predicted octanol–water partition coefficient (Wildman–Crippen LogP) is 0.193. The molecule has 0 aromatic heterocycles. The van der Waals surface area contributed by atoms with Crippen LogP contribution < -0.4 is 10.2 Å². The summed E-state index contributed by atoms with van der Waals surface area (Å²) in [7, 11) is 1.65. The molecule has 1 aromatic rings. The van der Waals surface area contributed by atoms with E-state index in [4.69, 9.17) is 4.74 Å². The number of nitrogens with zero attached hydrogens (tertiary/aromatic N) is 1. The molecule has 0 bridgehead atoms. The number of hydrogen-bond donors (Lipinski definition) is 2. The first-order valence-corrected chi connectivity index (χ1v) is 8.35. The van der Waals surface area contributed by atoms with Crippen molar-refractivity contribution >= 4 is 17.5 Å². The molecule has 1 fully saturated rings. The molecular weight excluding hydrogens is 351 g/mol. The summed E-state index contributed by atoms with van der Waals surface area (Å²) in [5.41, 5.74) is -0.441. The number of amides is 2. The lowest BCUT2D eigenvalue weighted by Gasteiger charge is -2.35. The number of carbonyl (C=O) groups is 2. The van der Waals surface area contributed by atoms with Gasteiger partial charge in [-0.3, -0.25) is 9.59 Å². The molecule has 1 aromatic carbocycles. The van der Waals surface area contributed by atoms with Gasteiger partial charge in [0.05, 0.1) is 24.9 Å². The Morgan fingerprint density at radius 3 is 2.38 bits per heavy atom. The van der Waals surface area contributed by atoms with Crippen LogP contribution in [0, 0.1) is 17.5 Å². The molecule has 1 heterocycles. The van der Waals surface area contributed by atoms with Gasteiger partial charge >= 0.3 is 0 Å². The lowest BCUT2D eigenvalue weighted by Crippen LogP contribution is -3.11. The van der Waals surface area contributed by atoms with Gasteiger partial charge in [-0.25, -0.2) is 13.2 Å². The van der Waals surface area contributed by atoms with Gasteiger partial charge in [-0.1, -0.05) is 0 Å². The van der Waals surface area contributed by atoms with Crippen LogP contribution in [0.15, 0.2) is 12.1 Å². The minimum Gasteiger partial charge on any atom is -0.372 e. The first-order chi connectivity index (χ1) is 12.2. The molecule has 2 rings (SSSR count). The van der Waals surface area contributed by atoms with E-state index in [9.17, 15) is 22.8 Å². The fourth-order valence-corrected chi connectivity index (χ4v) is 2.90. The Morgan fingerprint density at radius 1 is 1.15 bits per heavy atom. The summed E-state index contributed by atoms with van der Waals surface area (Å²) in [6, 6.07) is 1.68. The average Bonchev–Trinajstić information content (AvgIpc) is 2.54. The first-order valence-electron chi connectivity index (χ1n) is 8.35. The van der Waals surface area contributed by atoms with Gasteiger partial charge in [-0.2, -0.15) is 0 Å². The Balaban J connectivity index is 1.87. The zero-order valence-electron chi connectivity index (χ0n) is 14.9. The minimum atomic E-state index is -1.64. The van der Waals surface area contributed by atoms with E-state index in [-0.39, 0.29) is 31.2 Å². The molecule has 1 aliphatic heterocycles. The van der Waals surface area contributed by atoms with Crippen molar-refractivity contribution in [3.63, 3.8) is 0 Å². The number of morpholine rings is 1. The van der Waals surface area contributed by atoms with Gasteiger partial charge < -0.3 is 19.9 Å². The molecule has 1 aliphatic rings. The van der Waals surface area contributed by atoms with E-state index < -0.39 is 29.0 Å². The molecule has 0 saturated carbocycles. The maximum absolute atomic E-state index is 13.6.